The van der Waals surface area contributed by atoms with Crippen molar-refractivity contribution in [3.63, 3.8) is 0 Å². The molecule has 0 spiro atoms. The monoisotopic (exact) mass is 446 g/mol. The molecule has 1 aliphatic heterocycles. The molecule has 1 aromatic rings. The molecule has 0 aromatic heterocycles. The minimum atomic E-state index is -1.09. The molecule has 1 aliphatic rings. The molecule has 2 rings (SSSR count). The van der Waals surface area contributed by atoms with E-state index in [1.807, 2.05) is 6.92 Å². The lowest BCUT2D eigenvalue weighted by atomic mass is 9.90. The summed E-state index contributed by atoms with van der Waals surface area (Å²) in [5, 5.41) is 5.12. The zero-order valence-electron chi connectivity index (χ0n) is 17.3. The van der Waals surface area contributed by atoms with Gasteiger partial charge in [-0.2, -0.15) is 0 Å². The molecule has 1 amide bonds. The van der Waals surface area contributed by atoms with Gasteiger partial charge in [-0.1, -0.05) is 36.9 Å². The molecule has 3 atom stereocenters. The van der Waals surface area contributed by atoms with Gasteiger partial charge in [-0.05, 0) is 31.4 Å². The van der Waals surface area contributed by atoms with E-state index in [4.69, 9.17) is 9.47 Å². The number of ether oxygens (including phenoxy) is 2. The van der Waals surface area contributed by atoms with Gasteiger partial charge in [0.15, 0.2) is 5.12 Å². The van der Waals surface area contributed by atoms with Crippen LogP contribution < -0.4 is 10.6 Å². The molecule has 0 radical (unpaired) electrons. The van der Waals surface area contributed by atoms with E-state index in [0.29, 0.717) is 5.69 Å². The second kappa shape index (κ2) is 11.5. The molecule has 0 aliphatic carbocycles. The molecule has 0 bridgehead atoms. The zero-order chi connectivity index (χ0) is 23.0. The third-order valence-electron chi connectivity index (χ3n) is 4.80. The molecule has 1 saturated heterocycles. The van der Waals surface area contributed by atoms with Crippen molar-refractivity contribution in [1.82, 2.24) is 5.32 Å². The Morgan fingerprint density at radius 3 is 2.55 bits per heavy atom. The van der Waals surface area contributed by atoms with Crippen LogP contribution in [0.3, 0.4) is 0 Å². The zero-order valence-corrected chi connectivity index (χ0v) is 18.2. The maximum Gasteiger partial charge on any atom is 0.340 e. The SMILES string of the molecule is C=CCOC(=O)c1cc(C)ccc1NC(=O)[C@@H]1C[C@@H](C(C(=O)S)C(=O)OCC=C)CN1. The number of hydrogen-bond donors (Lipinski definition) is 3. The third-order valence-corrected chi connectivity index (χ3v) is 5.08. The van der Waals surface area contributed by atoms with Gasteiger partial charge in [-0.25, -0.2) is 4.79 Å². The van der Waals surface area contributed by atoms with E-state index >= 15 is 0 Å². The summed E-state index contributed by atoms with van der Waals surface area (Å²) >= 11 is 3.81. The first-order valence-electron chi connectivity index (χ1n) is 9.71. The van der Waals surface area contributed by atoms with Crippen molar-refractivity contribution in [3.05, 3.63) is 54.6 Å². The summed E-state index contributed by atoms with van der Waals surface area (Å²) in [6.45, 7) is 9.09. The van der Waals surface area contributed by atoms with E-state index in [1.54, 1.807) is 18.2 Å². The number of thiol groups is 1. The highest BCUT2D eigenvalue weighted by atomic mass is 32.1. The van der Waals surface area contributed by atoms with Gasteiger partial charge in [0.2, 0.25) is 5.91 Å². The number of carbonyl (C=O) groups excluding carboxylic acids is 4. The average molecular weight is 447 g/mol. The van der Waals surface area contributed by atoms with Gasteiger partial charge >= 0.3 is 11.9 Å². The van der Waals surface area contributed by atoms with Gasteiger partial charge < -0.3 is 20.1 Å². The topological polar surface area (TPSA) is 111 Å². The van der Waals surface area contributed by atoms with Crippen LogP contribution in [0.25, 0.3) is 0 Å². The Kier molecular flexibility index (Phi) is 9.02. The number of rotatable bonds is 10. The van der Waals surface area contributed by atoms with Crippen LogP contribution in [0.15, 0.2) is 43.5 Å². The Bertz CT molecular complexity index is 885. The summed E-state index contributed by atoms with van der Waals surface area (Å²) in [6.07, 6.45) is 3.09. The van der Waals surface area contributed by atoms with Crippen LogP contribution in [-0.4, -0.2) is 48.8 Å². The number of aryl methyl sites for hydroxylation is 1. The number of nitrogens with one attached hydrogen (secondary N) is 2. The first-order valence-corrected chi connectivity index (χ1v) is 10.2. The molecule has 9 heteroatoms. The van der Waals surface area contributed by atoms with E-state index in [0.717, 1.165) is 5.56 Å². The minimum Gasteiger partial charge on any atom is -0.461 e. The standard InChI is InChI=1S/C22H26N2O6S/c1-4-8-29-20(26)15-10-13(3)6-7-16(15)24-19(25)17-11-14(12-23-17)18(22(28)31)21(27)30-9-5-2/h4-7,10,14,17-18,23H,1-2,8-9,11-12H2,3H3,(H,24,25)(H,28,31)/t14-,17+,18?/m1/s1. The van der Waals surface area contributed by atoms with Gasteiger partial charge in [0.25, 0.3) is 0 Å². The summed E-state index contributed by atoms with van der Waals surface area (Å²) in [4.78, 5) is 49.2. The van der Waals surface area contributed by atoms with E-state index in [1.165, 1.54) is 12.2 Å². The Hall–Kier alpha value is -2.91. The number of esters is 2. The molecular weight excluding hydrogens is 420 g/mol. The molecule has 8 nitrogen and oxygen atoms in total. The fourth-order valence-electron chi connectivity index (χ4n) is 3.31. The van der Waals surface area contributed by atoms with Crippen LogP contribution in [0.2, 0.25) is 0 Å². The van der Waals surface area contributed by atoms with Gasteiger partial charge in [0, 0.05) is 6.54 Å². The first kappa shape index (κ1) is 24.4. The van der Waals surface area contributed by atoms with Gasteiger partial charge in [-0.15, -0.1) is 12.6 Å². The second-order valence-electron chi connectivity index (χ2n) is 7.12. The van der Waals surface area contributed by atoms with Crippen molar-refractivity contribution >= 4 is 41.3 Å². The maximum absolute atomic E-state index is 12.8. The summed E-state index contributed by atoms with van der Waals surface area (Å²) < 4.78 is 10.1. The molecule has 0 saturated carbocycles. The van der Waals surface area contributed by atoms with Crippen LogP contribution in [0, 0.1) is 18.8 Å². The van der Waals surface area contributed by atoms with Crippen molar-refractivity contribution in [2.75, 3.05) is 25.1 Å². The van der Waals surface area contributed by atoms with Crippen molar-refractivity contribution in [2.45, 2.75) is 19.4 Å². The number of carbonyl (C=O) groups is 4. The summed E-state index contributed by atoms with van der Waals surface area (Å²) in [5.74, 6) is -3.21. The first-order chi connectivity index (χ1) is 14.8. The molecule has 1 heterocycles. The second-order valence-corrected chi connectivity index (χ2v) is 7.56. The highest BCUT2D eigenvalue weighted by Crippen LogP contribution is 2.27. The van der Waals surface area contributed by atoms with E-state index in [9.17, 15) is 19.2 Å². The molecule has 1 aromatic carbocycles. The quantitative estimate of drug-likeness (QED) is 0.218. The summed E-state index contributed by atoms with van der Waals surface area (Å²) in [7, 11) is 0. The van der Waals surface area contributed by atoms with Gasteiger partial charge in [0.1, 0.15) is 19.1 Å². The van der Waals surface area contributed by atoms with Crippen LogP contribution in [0.1, 0.15) is 22.3 Å². The fraction of sp³-hybridized carbons (Fsp3) is 0.364. The van der Waals surface area contributed by atoms with Crippen LogP contribution >= 0.6 is 12.6 Å². The number of amides is 1. The van der Waals surface area contributed by atoms with Gasteiger partial charge in [-0.3, -0.25) is 14.4 Å². The molecule has 2 N–H and O–H groups in total. The Balaban J connectivity index is 2.09. The lowest BCUT2D eigenvalue weighted by Crippen LogP contribution is -2.35. The predicted octanol–water partition coefficient (Wildman–Crippen LogP) is 2.06. The Morgan fingerprint density at radius 2 is 1.90 bits per heavy atom. The van der Waals surface area contributed by atoms with Crippen molar-refractivity contribution in [3.8, 4) is 0 Å². The Labute approximate surface area is 186 Å². The summed E-state index contributed by atoms with van der Waals surface area (Å²) in [6, 6.07) is 4.34. The minimum absolute atomic E-state index is 0.0153. The summed E-state index contributed by atoms with van der Waals surface area (Å²) in [5.41, 5.74) is 1.36. The van der Waals surface area contributed by atoms with Crippen molar-refractivity contribution in [2.24, 2.45) is 11.8 Å². The molecule has 166 valence electrons. The lowest BCUT2D eigenvalue weighted by Gasteiger charge is -2.18. The van der Waals surface area contributed by atoms with Crippen LogP contribution in [0.5, 0.6) is 0 Å². The highest BCUT2D eigenvalue weighted by Gasteiger charge is 2.41. The third kappa shape index (κ3) is 6.53. The number of hydrogen-bond acceptors (Lipinski definition) is 7. The van der Waals surface area contributed by atoms with Crippen LogP contribution in [-0.2, 0) is 23.9 Å². The van der Waals surface area contributed by atoms with Crippen LogP contribution in [0.4, 0.5) is 5.69 Å². The van der Waals surface area contributed by atoms with Crippen molar-refractivity contribution < 1.29 is 28.7 Å². The highest BCUT2D eigenvalue weighted by molar-refractivity contribution is 7.96. The van der Waals surface area contributed by atoms with E-state index in [-0.39, 0.29) is 31.7 Å². The molecule has 1 fully saturated rings. The smallest absolute Gasteiger partial charge is 0.340 e. The predicted molar refractivity (Wildman–Crippen MR) is 119 cm³/mol. The molecular formula is C22H26N2O6S. The lowest BCUT2D eigenvalue weighted by molar-refractivity contribution is -0.151. The molecule has 1 unspecified atom stereocenters. The number of anilines is 1. The van der Waals surface area contributed by atoms with Gasteiger partial charge in [0.05, 0.1) is 17.3 Å². The van der Waals surface area contributed by atoms with E-state index < -0.39 is 40.8 Å². The Morgan fingerprint density at radius 1 is 1.23 bits per heavy atom. The average Bonchev–Trinajstić information content (AvgIpc) is 3.21. The van der Waals surface area contributed by atoms with E-state index in [2.05, 4.69) is 36.4 Å². The molecule has 31 heavy (non-hydrogen) atoms. The normalized spacial score (nSPS) is 18.5. The largest absolute Gasteiger partial charge is 0.461 e. The number of benzene rings is 1. The van der Waals surface area contributed by atoms with Crippen molar-refractivity contribution in [1.29, 1.82) is 0 Å². The fourth-order valence-corrected chi connectivity index (χ4v) is 3.63. The maximum atomic E-state index is 12.8.